The lowest BCUT2D eigenvalue weighted by Crippen LogP contribution is -2.67. The number of rotatable bonds is 0. The highest BCUT2D eigenvalue weighted by atomic mass is 15.3. The second-order valence-corrected chi connectivity index (χ2v) is 16.0. The van der Waals surface area contributed by atoms with Crippen LogP contribution in [0.5, 0.6) is 0 Å². The molecule has 4 heterocycles. The fourth-order valence-electron chi connectivity index (χ4n) is 11.1. The number of hydrogen-bond donors (Lipinski definition) is 0. The molecule has 0 radical (unpaired) electrons. The molecule has 3 aliphatic heterocycles. The van der Waals surface area contributed by atoms with Crippen molar-refractivity contribution in [2.75, 3.05) is 4.90 Å². The van der Waals surface area contributed by atoms with Crippen molar-refractivity contribution < 1.29 is 0 Å². The highest BCUT2D eigenvalue weighted by Gasteiger charge is 2.66. The Labute approximate surface area is 256 Å². The lowest BCUT2D eigenvalue weighted by Gasteiger charge is -2.59. The average Bonchev–Trinajstić information content (AvgIpc) is 3.46. The summed E-state index contributed by atoms with van der Waals surface area (Å²) in [5.41, 5.74) is 15.1. The van der Waals surface area contributed by atoms with Gasteiger partial charge in [0.05, 0.1) is 11.1 Å². The quantitative estimate of drug-likeness (QED) is 0.171. The summed E-state index contributed by atoms with van der Waals surface area (Å²) in [4.78, 5) is 2.94. The number of aromatic nitrogens is 1. The molecule has 2 nitrogen and oxygen atoms in total. The van der Waals surface area contributed by atoms with E-state index in [2.05, 4.69) is 117 Å². The maximum absolute atomic E-state index is 2.94. The molecule has 0 spiro atoms. The molecular formula is C40H41BN2. The van der Waals surface area contributed by atoms with Crippen LogP contribution < -0.4 is 21.3 Å². The van der Waals surface area contributed by atoms with Gasteiger partial charge in [-0.25, -0.2) is 0 Å². The monoisotopic (exact) mass is 560 g/mol. The van der Waals surface area contributed by atoms with E-state index in [-0.39, 0.29) is 23.1 Å². The van der Waals surface area contributed by atoms with Crippen molar-refractivity contribution in [1.29, 1.82) is 0 Å². The van der Waals surface area contributed by atoms with Gasteiger partial charge >= 0.3 is 0 Å². The molecule has 10 rings (SSSR count). The normalized spacial score (nSPS) is 28.1. The number of para-hydroxylation sites is 2. The number of fused-ring (bicyclic) bond motifs is 12. The van der Waals surface area contributed by atoms with E-state index < -0.39 is 0 Å². The Hall–Kier alpha value is -3.46. The topological polar surface area (TPSA) is 8.17 Å². The van der Waals surface area contributed by atoms with Crippen LogP contribution in [0.3, 0.4) is 0 Å². The number of anilines is 2. The van der Waals surface area contributed by atoms with Crippen LogP contribution >= 0.6 is 0 Å². The molecule has 2 fully saturated rings. The third-order valence-corrected chi connectivity index (χ3v) is 13.2. The van der Waals surface area contributed by atoms with Gasteiger partial charge in [-0.05, 0) is 89.2 Å². The molecule has 0 bridgehead atoms. The largest absolute Gasteiger partial charge is 0.335 e. The van der Waals surface area contributed by atoms with E-state index in [1.165, 1.54) is 88.2 Å². The summed E-state index contributed by atoms with van der Waals surface area (Å²) in [6.45, 7) is 12.8. The lowest BCUT2D eigenvalue weighted by atomic mass is 9.33. The first kappa shape index (κ1) is 24.9. The summed E-state index contributed by atoms with van der Waals surface area (Å²) in [5, 5.41) is 2.74. The SMILES string of the molecule is CC(C)(C)c1cc2c3c(c1)C1(C)CCC4CCCCC4C1(C)N3c1cccc3c1B2c1cccc2c4ccccc4n-3c12. The summed E-state index contributed by atoms with van der Waals surface area (Å²) in [7, 11) is 0. The van der Waals surface area contributed by atoms with E-state index in [1.807, 2.05) is 0 Å². The highest BCUT2D eigenvalue weighted by molar-refractivity contribution is 7.00. The van der Waals surface area contributed by atoms with Crippen molar-refractivity contribution in [3.8, 4) is 5.69 Å². The zero-order chi connectivity index (χ0) is 29.0. The van der Waals surface area contributed by atoms with Gasteiger partial charge in [-0.2, -0.15) is 0 Å². The average molecular weight is 561 g/mol. The number of hydrogen-bond acceptors (Lipinski definition) is 1. The summed E-state index contributed by atoms with van der Waals surface area (Å²) in [6.07, 6.45) is 8.25. The van der Waals surface area contributed by atoms with Gasteiger partial charge in [0.1, 0.15) is 0 Å². The Morgan fingerprint density at radius 3 is 2.42 bits per heavy atom. The van der Waals surface area contributed by atoms with Crippen molar-refractivity contribution in [2.45, 2.75) is 89.5 Å². The predicted molar refractivity (Wildman–Crippen MR) is 183 cm³/mol. The Morgan fingerprint density at radius 2 is 1.56 bits per heavy atom. The minimum Gasteiger partial charge on any atom is -0.335 e. The fraction of sp³-hybridized carbons (Fsp3) is 0.400. The summed E-state index contributed by atoms with van der Waals surface area (Å²) < 4.78 is 2.61. The van der Waals surface area contributed by atoms with Crippen molar-refractivity contribution in [3.63, 3.8) is 0 Å². The smallest absolute Gasteiger partial charge is 0.252 e. The van der Waals surface area contributed by atoms with Crippen LogP contribution in [0.4, 0.5) is 11.4 Å². The Balaban J connectivity index is 1.38. The predicted octanol–water partition coefficient (Wildman–Crippen LogP) is 7.99. The number of nitrogens with zero attached hydrogens (tertiary/aromatic N) is 2. The second kappa shape index (κ2) is 7.78. The van der Waals surface area contributed by atoms with Crippen LogP contribution in [-0.4, -0.2) is 16.8 Å². The number of benzene rings is 4. The summed E-state index contributed by atoms with van der Waals surface area (Å²) in [5.74, 6) is 1.57. The maximum Gasteiger partial charge on any atom is 0.252 e. The van der Waals surface area contributed by atoms with E-state index in [0.717, 1.165) is 11.8 Å². The minimum absolute atomic E-state index is 0.0645. The van der Waals surface area contributed by atoms with Gasteiger partial charge in [0.25, 0.3) is 6.71 Å². The highest BCUT2D eigenvalue weighted by Crippen LogP contribution is 2.66. The molecule has 4 aromatic carbocycles. The van der Waals surface area contributed by atoms with Crippen molar-refractivity contribution >= 4 is 56.3 Å². The first-order valence-electron chi connectivity index (χ1n) is 16.9. The van der Waals surface area contributed by atoms with Crippen LogP contribution in [0.15, 0.2) is 72.8 Å². The van der Waals surface area contributed by atoms with Crippen molar-refractivity contribution in [1.82, 2.24) is 4.57 Å². The molecule has 0 amide bonds. The van der Waals surface area contributed by atoms with Gasteiger partial charge in [-0.1, -0.05) is 102 Å². The maximum atomic E-state index is 2.94. The molecule has 4 atom stereocenters. The van der Waals surface area contributed by atoms with Gasteiger partial charge in [0, 0.05) is 38.8 Å². The van der Waals surface area contributed by atoms with Gasteiger partial charge in [0.15, 0.2) is 0 Å². The first-order chi connectivity index (χ1) is 20.7. The molecule has 0 saturated heterocycles. The summed E-state index contributed by atoms with van der Waals surface area (Å²) >= 11 is 0. The molecular weight excluding hydrogens is 519 g/mol. The molecule has 5 aromatic rings. The van der Waals surface area contributed by atoms with E-state index in [1.54, 1.807) is 16.7 Å². The zero-order valence-corrected chi connectivity index (χ0v) is 26.3. The Kier molecular flexibility index (Phi) is 4.51. The molecule has 3 heteroatoms. The van der Waals surface area contributed by atoms with Crippen LogP contribution in [0, 0.1) is 11.8 Å². The second-order valence-electron chi connectivity index (χ2n) is 16.0. The fourth-order valence-corrected chi connectivity index (χ4v) is 11.1. The Morgan fingerprint density at radius 1 is 0.791 bits per heavy atom. The molecule has 214 valence electrons. The third-order valence-electron chi connectivity index (χ3n) is 13.2. The van der Waals surface area contributed by atoms with Crippen LogP contribution in [0.1, 0.15) is 84.3 Å². The lowest BCUT2D eigenvalue weighted by molar-refractivity contribution is 0.0339. The molecule has 5 aliphatic rings. The molecule has 2 saturated carbocycles. The standard InChI is InChI=1S/C40H41BN2/c1-38(2,3)25-22-29-37-31(23-25)41-30-16-10-14-27-26-13-7-9-17-32(26)42(36(27)30)33-18-11-19-34(35(33)41)43(37)40(5)28-15-8-6-12-24(28)20-21-39(29,40)4/h7,9-11,13-14,16-19,22-24,28H,6,8,12,15,20-21H2,1-5H3. The van der Waals surface area contributed by atoms with E-state index in [0.29, 0.717) is 0 Å². The minimum atomic E-state index is 0.0645. The van der Waals surface area contributed by atoms with Gasteiger partial charge < -0.3 is 9.47 Å². The van der Waals surface area contributed by atoms with Gasteiger partial charge in [-0.15, -0.1) is 0 Å². The van der Waals surface area contributed by atoms with E-state index >= 15 is 0 Å². The van der Waals surface area contributed by atoms with Crippen LogP contribution in [0.25, 0.3) is 27.5 Å². The zero-order valence-electron chi connectivity index (χ0n) is 26.3. The molecule has 4 unspecified atom stereocenters. The van der Waals surface area contributed by atoms with Crippen LogP contribution in [0.2, 0.25) is 0 Å². The third kappa shape index (κ3) is 2.72. The van der Waals surface area contributed by atoms with E-state index in [9.17, 15) is 0 Å². The molecule has 2 aliphatic carbocycles. The first-order valence-corrected chi connectivity index (χ1v) is 16.9. The van der Waals surface area contributed by atoms with Crippen molar-refractivity contribution in [3.05, 3.63) is 83.9 Å². The molecule has 1 aromatic heterocycles. The summed E-state index contributed by atoms with van der Waals surface area (Å²) in [6, 6.07) is 28.7. The van der Waals surface area contributed by atoms with Crippen LogP contribution in [-0.2, 0) is 10.8 Å². The Bertz CT molecular complexity index is 2040. The van der Waals surface area contributed by atoms with Gasteiger partial charge in [-0.3, -0.25) is 0 Å². The van der Waals surface area contributed by atoms with Gasteiger partial charge in [0.2, 0.25) is 0 Å². The molecule has 0 N–H and O–H groups in total. The van der Waals surface area contributed by atoms with Crippen molar-refractivity contribution in [2.24, 2.45) is 11.8 Å². The molecule has 43 heavy (non-hydrogen) atoms. The van der Waals surface area contributed by atoms with E-state index in [4.69, 9.17) is 0 Å².